The van der Waals surface area contributed by atoms with Crippen molar-refractivity contribution < 1.29 is 13.9 Å². The summed E-state index contributed by atoms with van der Waals surface area (Å²) in [5.41, 5.74) is 0.917. The summed E-state index contributed by atoms with van der Waals surface area (Å²) in [7, 11) is 1.27. The van der Waals surface area contributed by atoms with Crippen molar-refractivity contribution in [2.45, 2.75) is 13.5 Å². The number of benzene rings is 1. The zero-order valence-corrected chi connectivity index (χ0v) is 11.1. The van der Waals surface area contributed by atoms with E-state index >= 15 is 0 Å². The molecule has 0 saturated carbocycles. The number of rotatable bonds is 3. The van der Waals surface area contributed by atoms with E-state index in [-0.39, 0.29) is 12.2 Å². The molecule has 102 valence electrons. The van der Waals surface area contributed by atoms with Gasteiger partial charge in [0.1, 0.15) is 17.3 Å². The molecular weight excluding hydrogens is 261 g/mol. The largest absolute Gasteiger partial charge is 0.464 e. The van der Waals surface area contributed by atoms with Crippen molar-refractivity contribution in [2.75, 3.05) is 7.11 Å². The van der Waals surface area contributed by atoms with Crippen molar-refractivity contribution in [3.8, 4) is 6.07 Å². The highest BCUT2D eigenvalue weighted by atomic mass is 19.1. The van der Waals surface area contributed by atoms with E-state index in [4.69, 9.17) is 5.26 Å². The molecule has 0 fully saturated rings. The molecule has 0 bridgehead atoms. The molecule has 0 saturated heterocycles. The summed E-state index contributed by atoms with van der Waals surface area (Å²) in [6.07, 6.45) is 1.38. The molecule has 0 aliphatic carbocycles. The second kappa shape index (κ2) is 5.53. The zero-order chi connectivity index (χ0) is 14.7. The molecule has 0 aliphatic rings. The molecule has 0 amide bonds. The maximum absolute atomic E-state index is 13.8. The van der Waals surface area contributed by atoms with Gasteiger partial charge in [0.15, 0.2) is 0 Å². The average Bonchev–Trinajstić information content (AvgIpc) is 2.82. The first-order chi connectivity index (χ1) is 9.56. The Morgan fingerprint density at radius 2 is 2.30 bits per heavy atom. The van der Waals surface area contributed by atoms with Gasteiger partial charge in [0.05, 0.1) is 31.5 Å². The fourth-order valence-electron chi connectivity index (χ4n) is 1.87. The van der Waals surface area contributed by atoms with Gasteiger partial charge in [-0.25, -0.2) is 14.2 Å². The molecule has 2 rings (SSSR count). The van der Waals surface area contributed by atoms with Crippen LogP contribution in [0, 0.1) is 24.1 Å². The lowest BCUT2D eigenvalue weighted by molar-refractivity contribution is 0.0588. The van der Waals surface area contributed by atoms with Crippen LogP contribution in [0.25, 0.3) is 0 Å². The van der Waals surface area contributed by atoms with Crippen LogP contribution in [-0.4, -0.2) is 22.6 Å². The highest BCUT2D eigenvalue weighted by molar-refractivity contribution is 5.87. The van der Waals surface area contributed by atoms with Crippen molar-refractivity contribution in [1.82, 2.24) is 9.55 Å². The third-order valence-electron chi connectivity index (χ3n) is 2.95. The molecule has 0 N–H and O–H groups in total. The van der Waals surface area contributed by atoms with Gasteiger partial charge >= 0.3 is 5.97 Å². The topological polar surface area (TPSA) is 67.9 Å². The number of aromatic nitrogens is 2. The van der Waals surface area contributed by atoms with Crippen LogP contribution in [0.4, 0.5) is 4.39 Å². The van der Waals surface area contributed by atoms with Gasteiger partial charge in [0, 0.05) is 5.56 Å². The maximum atomic E-state index is 13.8. The number of imidazole rings is 1. The van der Waals surface area contributed by atoms with Crippen LogP contribution < -0.4 is 0 Å². The summed E-state index contributed by atoms with van der Waals surface area (Å²) < 4.78 is 20.0. The number of methoxy groups -OCH3 is 1. The van der Waals surface area contributed by atoms with Crippen LogP contribution in [0.5, 0.6) is 0 Å². The minimum Gasteiger partial charge on any atom is -0.464 e. The lowest BCUT2D eigenvalue weighted by Crippen LogP contribution is -2.13. The molecule has 0 unspecified atom stereocenters. The van der Waals surface area contributed by atoms with Gasteiger partial charge in [-0.15, -0.1) is 0 Å². The number of aryl methyl sites for hydroxylation is 1. The van der Waals surface area contributed by atoms with Crippen molar-refractivity contribution in [2.24, 2.45) is 0 Å². The van der Waals surface area contributed by atoms with Gasteiger partial charge in [-0.05, 0) is 25.1 Å². The van der Waals surface area contributed by atoms with Crippen LogP contribution in [0.1, 0.15) is 27.4 Å². The van der Waals surface area contributed by atoms with E-state index in [1.54, 1.807) is 11.5 Å². The number of hydrogen-bond acceptors (Lipinski definition) is 4. The molecule has 0 radical (unpaired) electrons. The Morgan fingerprint density at radius 1 is 1.55 bits per heavy atom. The lowest BCUT2D eigenvalue weighted by Gasteiger charge is -2.10. The first-order valence-corrected chi connectivity index (χ1v) is 5.85. The van der Waals surface area contributed by atoms with Crippen LogP contribution in [0.3, 0.4) is 0 Å². The van der Waals surface area contributed by atoms with E-state index < -0.39 is 11.8 Å². The molecule has 2 aromatic rings. The van der Waals surface area contributed by atoms with Crippen LogP contribution >= 0.6 is 0 Å². The minimum atomic E-state index is -0.539. The number of hydrogen-bond donors (Lipinski definition) is 0. The quantitative estimate of drug-likeness (QED) is 0.802. The Morgan fingerprint density at radius 3 is 2.95 bits per heavy atom. The van der Waals surface area contributed by atoms with E-state index in [0.717, 1.165) is 0 Å². The summed E-state index contributed by atoms with van der Waals surface area (Å²) in [5.74, 6) is -0.414. The Kier molecular flexibility index (Phi) is 3.80. The molecule has 6 heteroatoms. The van der Waals surface area contributed by atoms with Gasteiger partial charge in [0.25, 0.3) is 0 Å². The monoisotopic (exact) mass is 273 g/mol. The number of nitrogens with zero attached hydrogens (tertiary/aromatic N) is 3. The highest BCUT2D eigenvalue weighted by Gasteiger charge is 2.16. The highest BCUT2D eigenvalue weighted by Crippen LogP contribution is 2.15. The predicted molar refractivity (Wildman–Crippen MR) is 68.5 cm³/mol. The van der Waals surface area contributed by atoms with Crippen LogP contribution in [-0.2, 0) is 11.3 Å². The van der Waals surface area contributed by atoms with Crippen molar-refractivity contribution in [1.29, 1.82) is 5.26 Å². The first-order valence-electron chi connectivity index (χ1n) is 5.85. The molecule has 0 aliphatic heterocycles. The Labute approximate surface area is 115 Å². The maximum Gasteiger partial charge on any atom is 0.356 e. The normalized spacial score (nSPS) is 10.1. The summed E-state index contributed by atoms with van der Waals surface area (Å²) >= 11 is 0. The number of carbonyl (C=O) groups is 1. The molecule has 0 atom stereocenters. The first kappa shape index (κ1) is 13.7. The zero-order valence-electron chi connectivity index (χ0n) is 11.1. The van der Waals surface area contributed by atoms with E-state index in [1.807, 2.05) is 6.07 Å². The Bertz CT molecular complexity index is 701. The summed E-state index contributed by atoms with van der Waals surface area (Å²) in [6, 6.07) is 6.05. The van der Waals surface area contributed by atoms with E-state index in [0.29, 0.717) is 17.0 Å². The molecule has 1 aromatic heterocycles. The molecule has 20 heavy (non-hydrogen) atoms. The summed E-state index contributed by atoms with van der Waals surface area (Å²) in [6.45, 7) is 1.82. The predicted octanol–water partition coefficient (Wildman–Crippen LogP) is 2.04. The minimum absolute atomic E-state index is 0.109. The fourth-order valence-corrected chi connectivity index (χ4v) is 1.87. The molecular formula is C14H12FN3O2. The van der Waals surface area contributed by atoms with Gasteiger partial charge in [-0.2, -0.15) is 5.26 Å². The van der Waals surface area contributed by atoms with E-state index in [9.17, 15) is 9.18 Å². The van der Waals surface area contributed by atoms with Gasteiger partial charge in [-0.3, -0.25) is 0 Å². The Hall–Kier alpha value is -2.68. The summed E-state index contributed by atoms with van der Waals surface area (Å²) in [4.78, 5) is 15.6. The number of ether oxygens (including phenoxy) is 1. The summed E-state index contributed by atoms with van der Waals surface area (Å²) in [5, 5.41) is 8.85. The third-order valence-corrected chi connectivity index (χ3v) is 2.95. The van der Waals surface area contributed by atoms with Gasteiger partial charge in [0.2, 0.25) is 0 Å². The van der Waals surface area contributed by atoms with E-state index in [2.05, 4.69) is 9.72 Å². The number of esters is 1. The average molecular weight is 273 g/mol. The van der Waals surface area contributed by atoms with Crippen molar-refractivity contribution in [3.63, 3.8) is 0 Å². The van der Waals surface area contributed by atoms with Gasteiger partial charge in [-0.1, -0.05) is 0 Å². The number of carbonyl (C=O) groups excluding carboxylic acids is 1. The Balaban J connectivity index is 2.43. The third kappa shape index (κ3) is 2.52. The van der Waals surface area contributed by atoms with Gasteiger partial charge < -0.3 is 9.30 Å². The van der Waals surface area contributed by atoms with Crippen LogP contribution in [0.15, 0.2) is 24.4 Å². The fraction of sp³-hybridized carbons (Fsp3) is 0.214. The molecule has 1 aromatic carbocycles. The molecule has 5 nitrogen and oxygen atoms in total. The van der Waals surface area contributed by atoms with Crippen molar-refractivity contribution in [3.05, 3.63) is 52.9 Å². The molecule has 1 heterocycles. The van der Waals surface area contributed by atoms with Crippen LogP contribution in [0.2, 0.25) is 0 Å². The number of nitriles is 1. The second-order valence-electron chi connectivity index (χ2n) is 4.19. The standard InChI is InChI=1S/C14H12FN3O2/c1-9-17-7-13(14(19)20-2)18(9)8-11-5-10(6-16)3-4-12(11)15/h3-5,7H,8H2,1-2H3. The lowest BCUT2D eigenvalue weighted by atomic mass is 10.1. The number of halogens is 1. The van der Waals surface area contributed by atoms with Crippen molar-refractivity contribution >= 4 is 5.97 Å². The molecule has 0 spiro atoms. The SMILES string of the molecule is COC(=O)c1cnc(C)n1Cc1cc(C#N)ccc1F. The smallest absolute Gasteiger partial charge is 0.356 e. The van der Waals surface area contributed by atoms with E-state index in [1.165, 1.54) is 31.5 Å². The second-order valence-corrected chi connectivity index (χ2v) is 4.19.